The third-order valence-electron chi connectivity index (χ3n) is 3.01. The van der Waals surface area contributed by atoms with E-state index in [-0.39, 0.29) is 19.0 Å². The van der Waals surface area contributed by atoms with Crippen molar-refractivity contribution in [1.29, 1.82) is 0 Å². The Kier molecular flexibility index (Phi) is 2.50. The maximum atomic E-state index is 12.1. The second-order valence-corrected chi connectivity index (χ2v) is 3.92. The molecule has 1 aromatic carbocycles. The average molecular weight is 205 g/mol. The Morgan fingerprint density at radius 1 is 1.27 bits per heavy atom. The Bertz CT molecular complexity index is 380. The monoisotopic (exact) mass is 205 g/mol. The highest BCUT2D eigenvalue weighted by atomic mass is 16.3. The first-order valence-electron chi connectivity index (χ1n) is 4.92. The molecule has 15 heavy (non-hydrogen) atoms. The summed E-state index contributed by atoms with van der Waals surface area (Å²) >= 11 is 0. The van der Waals surface area contributed by atoms with Crippen LogP contribution in [0, 0.1) is 11.8 Å². The highest BCUT2D eigenvalue weighted by Crippen LogP contribution is 2.35. The lowest BCUT2D eigenvalue weighted by Crippen LogP contribution is -2.41. The van der Waals surface area contributed by atoms with Crippen molar-refractivity contribution in [3.05, 3.63) is 41.8 Å². The largest absolute Gasteiger partial charge is 0.395 e. The summed E-state index contributed by atoms with van der Waals surface area (Å²) in [5.74, 6) is -0.161. The smallest absolute Gasteiger partial charge is 0.230 e. The van der Waals surface area contributed by atoms with Gasteiger partial charge in [0, 0.05) is 25.0 Å². The van der Waals surface area contributed by atoms with Gasteiger partial charge in [0.15, 0.2) is 0 Å². The number of carbonyl (C=O) groups excluding carboxylic acids is 1. The van der Waals surface area contributed by atoms with E-state index in [1.807, 2.05) is 18.6 Å². The van der Waals surface area contributed by atoms with Crippen LogP contribution in [-0.4, -0.2) is 29.2 Å². The zero-order valence-corrected chi connectivity index (χ0v) is 8.31. The van der Waals surface area contributed by atoms with Crippen LogP contribution in [0.2, 0.25) is 0 Å². The zero-order chi connectivity index (χ0) is 10.9. The summed E-state index contributed by atoms with van der Waals surface area (Å²) in [6, 6.07) is 7.25. The molecule has 1 aliphatic rings. The number of ketones is 1. The van der Waals surface area contributed by atoms with Crippen LogP contribution in [0.3, 0.4) is 0 Å². The van der Waals surface area contributed by atoms with E-state index in [0.717, 1.165) is 5.56 Å². The van der Waals surface area contributed by atoms with E-state index < -0.39 is 5.41 Å². The molecule has 0 aliphatic heterocycles. The molecule has 3 nitrogen and oxygen atoms in total. The molecule has 0 aromatic heterocycles. The molecule has 0 saturated heterocycles. The summed E-state index contributed by atoms with van der Waals surface area (Å²) in [4.78, 5) is 12.1. The lowest BCUT2D eigenvalue weighted by atomic mass is 9.71. The molecule has 1 aliphatic carbocycles. The standard InChI is InChI=1S/C12H13O3/c13-7-12(8-14)6-5-9-3-1-2-4-10(9)11(12)15/h1-5,13-14H,6-8H2/q+1. The minimum absolute atomic E-state index is 0.161. The number of hydrogen-bond donors (Lipinski definition) is 2. The minimum atomic E-state index is -1.02. The van der Waals surface area contributed by atoms with E-state index >= 15 is 0 Å². The maximum Gasteiger partial charge on any atom is 0.230 e. The normalized spacial score (nSPS) is 18.1. The minimum Gasteiger partial charge on any atom is -0.395 e. The summed E-state index contributed by atoms with van der Waals surface area (Å²) in [5.41, 5.74) is 0.459. The SMILES string of the molecule is O=C1c2ccccc2[CH+]CC1(CO)CO. The fraction of sp³-hybridized carbons (Fsp3) is 0.333. The van der Waals surface area contributed by atoms with Crippen molar-refractivity contribution in [2.24, 2.45) is 5.41 Å². The lowest BCUT2D eigenvalue weighted by Gasteiger charge is -2.28. The Hall–Kier alpha value is -1.32. The third-order valence-corrected chi connectivity index (χ3v) is 3.01. The van der Waals surface area contributed by atoms with Crippen molar-refractivity contribution in [2.75, 3.05) is 13.2 Å². The van der Waals surface area contributed by atoms with Crippen LogP contribution in [0.1, 0.15) is 22.3 Å². The van der Waals surface area contributed by atoms with Crippen molar-refractivity contribution < 1.29 is 15.0 Å². The Morgan fingerprint density at radius 3 is 2.60 bits per heavy atom. The number of Topliss-reactive ketones (excluding diaryl/α,β-unsaturated/α-hetero) is 1. The van der Waals surface area contributed by atoms with E-state index in [2.05, 4.69) is 0 Å². The second kappa shape index (κ2) is 3.68. The molecule has 3 heteroatoms. The van der Waals surface area contributed by atoms with E-state index in [1.54, 1.807) is 12.1 Å². The number of aliphatic hydroxyl groups is 2. The van der Waals surface area contributed by atoms with Crippen LogP contribution in [0.25, 0.3) is 0 Å². The quantitative estimate of drug-likeness (QED) is 0.702. The van der Waals surface area contributed by atoms with Crippen LogP contribution in [0.15, 0.2) is 24.3 Å². The number of rotatable bonds is 2. The highest BCUT2D eigenvalue weighted by molar-refractivity contribution is 6.03. The van der Waals surface area contributed by atoms with Crippen LogP contribution < -0.4 is 0 Å². The molecule has 0 radical (unpaired) electrons. The van der Waals surface area contributed by atoms with Gasteiger partial charge in [0.25, 0.3) is 0 Å². The third kappa shape index (κ3) is 1.44. The molecule has 0 spiro atoms. The summed E-state index contributed by atoms with van der Waals surface area (Å²) < 4.78 is 0. The number of fused-ring (bicyclic) bond motifs is 1. The molecule has 2 rings (SSSR count). The van der Waals surface area contributed by atoms with E-state index in [9.17, 15) is 15.0 Å². The molecule has 0 atom stereocenters. The Balaban J connectivity index is 2.45. The Morgan fingerprint density at radius 2 is 1.93 bits per heavy atom. The van der Waals surface area contributed by atoms with Gasteiger partial charge < -0.3 is 10.2 Å². The predicted octanol–water partition coefficient (Wildman–Crippen LogP) is 0.796. The van der Waals surface area contributed by atoms with E-state index in [0.29, 0.717) is 12.0 Å². The molecule has 0 saturated carbocycles. The molecule has 0 bridgehead atoms. The van der Waals surface area contributed by atoms with Gasteiger partial charge in [0.2, 0.25) is 5.78 Å². The predicted molar refractivity (Wildman–Crippen MR) is 55.4 cm³/mol. The first-order valence-corrected chi connectivity index (χ1v) is 4.92. The van der Waals surface area contributed by atoms with Gasteiger partial charge in [-0.15, -0.1) is 0 Å². The van der Waals surface area contributed by atoms with Crippen molar-refractivity contribution in [1.82, 2.24) is 0 Å². The van der Waals surface area contributed by atoms with Crippen LogP contribution in [-0.2, 0) is 0 Å². The molecule has 0 amide bonds. The summed E-state index contributed by atoms with van der Waals surface area (Å²) in [6.07, 6.45) is 2.29. The van der Waals surface area contributed by atoms with Crippen LogP contribution >= 0.6 is 0 Å². The molecule has 1 aromatic rings. The van der Waals surface area contributed by atoms with Crippen molar-refractivity contribution in [3.63, 3.8) is 0 Å². The van der Waals surface area contributed by atoms with Crippen molar-refractivity contribution in [2.45, 2.75) is 6.42 Å². The lowest BCUT2D eigenvalue weighted by molar-refractivity contribution is 0.0390. The van der Waals surface area contributed by atoms with Crippen molar-refractivity contribution in [3.8, 4) is 0 Å². The van der Waals surface area contributed by atoms with Gasteiger partial charge in [0.1, 0.15) is 16.5 Å². The van der Waals surface area contributed by atoms with Gasteiger partial charge >= 0.3 is 0 Å². The van der Waals surface area contributed by atoms with E-state index in [4.69, 9.17) is 0 Å². The summed E-state index contributed by atoms with van der Waals surface area (Å²) in [7, 11) is 0. The summed E-state index contributed by atoms with van der Waals surface area (Å²) in [5, 5.41) is 18.5. The van der Waals surface area contributed by atoms with Gasteiger partial charge in [-0.3, -0.25) is 4.79 Å². The van der Waals surface area contributed by atoms with E-state index in [1.165, 1.54) is 0 Å². The highest BCUT2D eigenvalue weighted by Gasteiger charge is 2.46. The molecule has 0 unspecified atom stereocenters. The average Bonchev–Trinajstić information content (AvgIpc) is 2.31. The fourth-order valence-electron chi connectivity index (χ4n) is 1.89. The first kappa shape index (κ1) is 10.2. The number of benzene rings is 1. The van der Waals surface area contributed by atoms with Gasteiger partial charge in [-0.1, -0.05) is 0 Å². The molecule has 0 fully saturated rings. The topological polar surface area (TPSA) is 57.5 Å². The van der Waals surface area contributed by atoms with Crippen LogP contribution in [0.4, 0.5) is 0 Å². The molecule has 0 heterocycles. The fourth-order valence-corrected chi connectivity index (χ4v) is 1.89. The van der Waals surface area contributed by atoms with Gasteiger partial charge in [0.05, 0.1) is 13.2 Å². The van der Waals surface area contributed by atoms with Crippen molar-refractivity contribution >= 4 is 5.78 Å². The summed E-state index contributed by atoms with van der Waals surface area (Å²) in [6.45, 7) is -0.625. The first-order chi connectivity index (χ1) is 7.23. The Labute approximate surface area is 88.4 Å². The molecular weight excluding hydrogens is 192 g/mol. The van der Waals surface area contributed by atoms with Crippen LogP contribution in [0.5, 0.6) is 0 Å². The number of carbonyl (C=O) groups is 1. The number of aliphatic hydroxyl groups excluding tert-OH is 2. The zero-order valence-electron chi connectivity index (χ0n) is 8.31. The van der Waals surface area contributed by atoms with Gasteiger partial charge in [-0.05, 0) is 12.1 Å². The van der Waals surface area contributed by atoms with Gasteiger partial charge in [-0.25, -0.2) is 0 Å². The van der Waals surface area contributed by atoms with Gasteiger partial charge in [-0.2, -0.15) is 0 Å². The molecule has 78 valence electrons. The second-order valence-electron chi connectivity index (χ2n) is 3.92. The number of hydrogen-bond acceptors (Lipinski definition) is 3. The maximum absolute atomic E-state index is 12.1. The molecule has 2 N–H and O–H groups in total. The molecular formula is C12H13O3+.